The second-order valence-corrected chi connectivity index (χ2v) is 6.03. The van der Waals surface area contributed by atoms with Crippen LogP contribution in [-0.4, -0.2) is 26.4 Å². The zero-order chi connectivity index (χ0) is 14.0. The maximum atomic E-state index is 12.5. The van der Waals surface area contributed by atoms with Crippen molar-refractivity contribution in [3.05, 3.63) is 30.3 Å². The number of rotatable bonds is 4. The number of phenolic OH excluding ortho intramolecular Hbond substituents is 1. The Labute approximate surface area is 111 Å². The first-order valence-electron chi connectivity index (χ1n) is 5.58. The Balaban J connectivity index is 2.86. The molecule has 6 heteroatoms. The molecule has 2 aromatic carbocycles. The van der Waals surface area contributed by atoms with E-state index in [0.29, 0.717) is 5.39 Å². The van der Waals surface area contributed by atoms with Gasteiger partial charge in [-0.1, -0.05) is 24.3 Å². The lowest BCUT2D eigenvalue weighted by Crippen LogP contribution is -2.12. The first-order valence-corrected chi connectivity index (χ1v) is 7.12. The number of ether oxygens (including phenoxy) is 1. The van der Waals surface area contributed by atoms with Crippen molar-refractivity contribution in [1.29, 1.82) is 0 Å². The molecule has 0 aliphatic rings. The highest BCUT2D eigenvalue weighted by Crippen LogP contribution is 2.51. The van der Waals surface area contributed by atoms with Gasteiger partial charge in [-0.2, -0.15) is 0 Å². The fourth-order valence-electron chi connectivity index (χ4n) is 1.97. The number of fused-ring (bicyclic) bond motifs is 1. The van der Waals surface area contributed by atoms with E-state index in [0.717, 1.165) is 5.39 Å². The highest BCUT2D eigenvalue weighted by Gasteiger charge is 2.33. The Bertz CT molecular complexity index is 645. The van der Waals surface area contributed by atoms with Crippen LogP contribution in [0.5, 0.6) is 11.5 Å². The fraction of sp³-hybridized carbons (Fsp3) is 0.231. The molecule has 0 unspecified atom stereocenters. The first kappa shape index (κ1) is 13.9. The molecule has 102 valence electrons. The van der Waals surface area contributed by atoms with Crippen molar-refractivity contribution in [1.82, 2.24) is 0 Å². The summed E-state index contributed by atoms with van der Waals surface area (Å²) < 4.78 is 27.6. The summed E-state index contributed by atoms with van der Waals surface area (Å²) in [6.45, 7) is 0. The minimum atomic E-state index is -3.60. The van der Waals surface area contributed by atoms with Gasteiger partial charge in [-0.3, -0.25) is 4.57 Å². The van der Waals surface area contributed by atoms with Gasteiger partial charge in [-0.05, 0) is 11.5 Å². The first-order chi connectivity index (χ1) is 9.07. The maximum absolute atomic E-state index is 12.5. The highest BCUT2D eigenvalue weighted by atomic mass is 31.2. The van der Waals surface area contributed by atoms with Crippen LogP contribution in [-0.2, 0) is 13.6 Å². The van der Waals surface area contributed by atoms with Gasteiger partial charge in [0.2, 0.25) is 0 Å². The van der Waals surface area contributed by atoms with Crippen LogP contribution >= 0.6 is 7.60 Å². The van der Waals surface area contributed by atoms with Crippen LogP contribution in [0.15, 0.2) is 30.3 Å². The molecule has 0 saturated heterocycles. The molecule has 19 heavy (non-hydrogen) atoms. The largest absolute Gasteiger partial charge is 0.506 e. The summed E-state index contributed by atoms with van der Waals surface area (Å²) in [4.78, 5) is 0. The monoisotopic (exact) mass is 282 g/mol. The molecule has 0 aliphatic carbocycles. The summed E-state index contributed by atoms with van der Waals surface area (Å²) in [5, 5.41) is 11.7. The van der Waals surface area contributed by atoms with Crippen LogP contribution in [0.1, 0.15) is 0 Å². The normalized spacial score (nSPS) is 11.7. The van der Waals surface area contributed by atoms with E-state index >= 15 is 0 Å². The molecule has 2 aromatic rings. The third-order valence-electron chi connectivity index (χ3n) is 2.93. The number of hydrogen-bond donors (Lipinski definition) is 1. The molecule has 1 N–H and O–H groups in total. The van der Waals surface area contributed by atoms with Crippen molar-refractivity contribution in [3.63, 3.8) is 0 Å². The Morgan fingerprint density at radius 2 is 1.74 bits per heavy atom. The molecule has 0 atom stereocenters. The van der Waals surface area contributed by atoms with E-state index in [-0.39, 0.29) is 16.8 Å². The molecular weight excluding hydrogens is 267 g/mol. The molecule has 0 radical (unpaired) electrons. The Morgan fingerprint density at radius 3 is 2.32 bits per heavy atom. The molecule has 0 saturated carbocycles. The predicted octanol–water partition coefficient (Wildman–Crippen LogP) is 2.67. The van der Waals surface area contributed by atoms with E-state index in [1.807, 2.05) is 12.1 Å². The summed E-state index contributed by atoms with van der Waals surface area (Å²) in [5.41, 5.74) is 0. The molecule has 0 fully saturated rings. The SMILES string of the molecule is COc1cc2ccccc2c(O)c1P(=O)(OC)OC. The van der Waals surface area contributed by atoms with Crippen molar-refractivity contribution in [2.75, 3.05) is 21.3 Å². The molecule has 0 amide bonds. The summed E-state index contributed by atoms with van der Waals surface area (Å²) in [5.74, 6) is 0.116. The maximum Gasteiger partial charge on any atom is 0.368 e. The Kier molecular flexibility index (Phi) is 3.80. The average Bonchev–Trinajstić information content (AvgIpc) is 2.46. The Hall–Kier alpha value is -1.55. The van der Waals surface area contributed by atoms with Gasteiger partial charge in [0.05, 0.1) is 7.11 Å². The van der Waals surface area contributed by atoms with Crippen LogP contribution < -0.4 is 10.0 Å². The van der Waals surface area contributed by atoms with Gasteiger partial charge in [0.25, 0.3) is 0 Å². The lowest BCUT2D eigenvalue weighted by molar-refractivity contribution is 0.285. The second kappa shape index (κ2) is 5.21. The van der Waals surface area contributed by atoms with E-state index in [4.69, 9.17) is 13.8 Å². The molecule has 0 aliphatic heterocycles. The lowest BCUT2D eigenvalue weighted by atomic mass is 10.1. The zero-order valence-corrected chi connectivity index (χ0v) is 11.8. The van der Waals surface area contributed by atoms with Gasteiger partial charge < -0.3 is 18.9 Å². The molecule has 0 spiro atoms. The van der Waals surface area contributed by atoms with E-state index in [1.165, 1.54) is 21.3 Å². The van der Waals surface area contributed by atoms with Gasteiger partial charge in [0.15, 0.2) is 0 Å². The van der Waals surface area contributed by atoms with Crippen LogP contribution in [0.2, 0.25) is 0 Å². The van der Waals surface area contributed by atoms with Gasteiger partial charge in [-0.25, -0.2) is 0 Å². The summed E-state index contributed by atoms with van der Waals surface area (Å²) in [6.07, 6.45) is 0. The van der Waals surface area contributed by atoms with Crippen molar-refractivity contribution in [2.45, 2.75) is 0 Å². The summed E-state index contributed by atoms with van der Waals surface area (Å²) in [6, 6.07) is 8.86. The lowest BCUT2D eigenvalue weighted by Gasteiger charge is -2.19. The highest BCUT2D eigenvalue weighted by molar-refractivity contribution is 7.62. The summed E-state index contributed by atoms with van der Waals surface area (Å²) >= 11 is 0. The van der Waals surface area contributed by atoms with Crippen molar-refractivity contribution < 1.29 is 23.5 Å². The standard InChI is InChI=1S/C13H15O5P/c1-16-11-8-9-6-4-5-7-10(9)12(14)13(11)19(15,17-2)18-3/h4-8,14H,1-3H3. The van der Waals surface area contributed by atoms with E-state index in [1.54, 1.807) is 18.2 Å². The topological polar surface area (TPSA) is 65.0 Å². The molecule has 0 heterocycles. The Morgan fingerprint density at radius 1 is 1.11 bits per heavy atom. The van der Waals surface area contributed by atoms with Crippen LogP contribution in [0.4, 0.5) is 0 Å². The third kappa shape index (κ3) is 2.21. The molecule has 5 nitrogen and oxygen atoms in total. The van der Waals surface area contributed by atoms with Gasteiger partial charge in [-0.15, -0.1) is 0 Å². The van der Waals surface area contributed by atoms with Crippen molar-refractivity contribution in [3.8, 4) is 11.5 Å². The van der Waals surface area contributed by atoms with Gasteiger partial charge in [0.1, 0.15) is 16.8 Å². The predicted molar refractivity (Wildman–Crippen MR) is 73.4 cm³/mol. The van der Waals surface area contributed by atoms with Crippen LogP contribution in [0.3, 0.4) is 0 Å². The quantitative estimate of drug-likeness (QED) is 0.873. The smallest absolute Gasteiger partial charge is 0.368 e. The zero-order valence-electron chi connectivity index (χ0n) is 10.9. The van der Waals surface area contributed by atoms with E-state index < -0.39 is 7.60 Å². The summed E-state index contributed by atoms with van der Waals surface area (Å²) in [7, 11) is 0.353. The number of hydrogen-bond acceptors (Lipinski definition) is 5. The van der Waals surface area contributed by atoms with Crippen molar-refractivity contribution >= 4 is 23.7 Å². The number of methoxy groups -OCH3 is 1. The number of aromatic hydroxyl groups is 1. The second-order valence-electron chi connectivity index (χ2n) is 3.86. The molecular formula is C13H15O5P. The van der Waals surface area contributed by atoms with E-state index in [2.05, 4.69) is 0 Å². The fourth-order valence-corrected chi connectivity index (χ4v) is 3.29. The minimum Gasteiger partial charge on any atom is -0.506 e. The average molecular weight is 282 g/mol. The third-order valence-corrected chi connectivity index (χ3v) is 4.88. The van der Waals surface area contributed by atoms with Crippen LogP contribution in [0, 0.1) is 0 Å². The van der Waals surface area contributed by atoms with Crippen LogP contribution in [0.25, 0.3) is 10.8 Å². The van der Waals surface area contributed by atoms with Crippen molar-refractivity contribution in [2.24, 2.45) is 0 Å². The molecule has 0 aromatic heterocycles. The van der Waals surface area contributed by atoms with Gasteiger partial charge in [0, 0.05) is 19.6 Å². The molecule has 0 bridgehead atoms. The van der Waals surface area contributed by atoms with Gasteiger partial charge >= 0.3 is 7.60 Å². The number of phenols is 1. The minimum absolute atomic E-state index is 0.0405. The number of benzene rings is 2. The molecule has 2 rings (SSSR count). The van der Waals surface area contributed by atoms with E-state index in [9.17, 15) is 9.67 Å².